The third-order valence-corrected chi connectivity index (χ3v) is 6.20. The van der Waals surface area contributed by atoms with Crippen molar-refractivity contribution in [2.75, 3.05) is 0 Å². The van der Waals surface area contributed by atoms with Crippen molar-refractivity contribution in [3.63, 3.8) is 0 Å². The topological polar surface area (TPSA) is 108 Å². The number of nitrogens with two attached hydrogens (primary N) is 1. The number of nitrogens with one attached hydrogen (secondary N) is 1. The van der Waals surface area contributed by atoms with Crippen LogP contribution in [0, 0.1) is 17.2 Å². The number of fused-ring (bicyclic) bond motifs is 1. The zero-order chi connectivity index (χ0) is 21.6. The summed E-state index contributed by atoms with van der Waals surface area (Å²) in [5.41, 5.74) is 7.76. The fourth-order valence-electron chi connectivity index (χ4n) is 4.85. The van der Waals surface area contributed by atoms with Crippen LogP contribution in [0.5, 0.6) is 0 Å². The van der Waals surface area contributed by atoms with Crippen molar-refractivity contribution in [2.24, 2.45) is 17.6 Å². The molecule has 2 fully saturated rings. The highest BCUT2D eigenvalue weighted by molar-refractivity contribution is 6.07. The molecule has 4 atom stereocenters. The second-order valence-electron chi connectivity index (χ2n) is 7.95. The van der Waals surface area contributed by atoms with E-state index in [4.69, 9.17) is 11.1 Å². The molecule has 3 N–H and O–H groups in total. The summed E-state index contributed by atoms with van der Waals surface area (Å²) in [6.07, 6.45) is 0. The molecular weight excluding hydrogens is 416 g/mol. The second kappa shape index (κ2) is 8.51. The van der Waals surface area contributed by atoms with Crippen molar-refractivity contribution in [1.82, 2.24) is 9.80 Å². The molecule has 2 aromatic rings. The van der Waals surface area contributed by atoms with E-state index in [1.807, 2.05) is 37.3 Å². The van der Waals surface area contributed by atoms with Gasteiger partial charge in [-0.1, -0.05) is 54.6 Å². The molecule has 0 saturated carbocycles. The Morgan fingerprint density at radius 3 is 2.13 bits per heavy atom. The van der Waals surface area contributed by atoms with Crippen molar-refractivity contribution in [2.45, 2.75) is 32.5 Å². The van der Waals surface area contributed by atoms with Crippen molar-refractivity contribution >= 4 is 36.0 Å². The zero-order valence-corrected chi connectivity index (χ0v) is 18.1. The van der Waals surface area contributed by atoms with Crippen molar-refractivity contribution in [3.8, 4) is 0 Å². The van der Waals surface area contributed by atoms with Crippen LogP contribution in [0.4, 0.5) is 0 Å². The number of hydrogen-bond donors (Lipinski definition) is 2. The lowest BCUT2D eigenvalue weighted by Gasteiger charge is -2.31. The van der Waals surface area contributed by atoms with Crippen LogP contribution in [-0.4, -0.2) is 39.4 Å². The van der Waals surface area contributed by atoms with E-state index < -0.39 is 17.9 Å². The predicted octanol–water partition coefficient (Wildman–Crippen LogP) is 2.49. The van der Waals surface area contributed by atoms with E-state index in [0.29, 0.717) is 5.56 Å². The van der Waals surface area contributed by atoms with Gasteiger partial charge >= 0.3 is 0 Å². The first kappa shape index (κ1) is 22.5. The number of halogens is 1. The average molecular weight is 441 g/mol. The number of benzene rings is 2. The highest BCUT2D eigenvalue weighted by Crippen LogP contribution is 2.50. The normalized spacial score (nSPS) is 24.7. The Balaban J connectivity index is 0.00000272. The van der Waals surface area contributed by atoms with Gasteiger partial charge in [0.25, 0.3) is 0 Å². The highest BCUT2D eigenvalue weighted by Gasteiger charge is 2.61. The minimum Gasteiger partial charge on any atom is -0.384 e. The number of likely N-dealkylation sites (tertiary alicyclic amines) is 2. The summed E-state index contributed by atoms with van der Waals surface area (Å²) in [4.78, 5) is 42.1. The molecule has 0 radical (unpaired) electrons. The number of carbonyl (C=O) groups excluding carboxylic acids is 3. The predicted molar refractivity (Wildman–Crippen MR) is 118 cm³/mol. The monoisotopic (exact) mass is 440 g/mol. The van der Waals surface area contributed by atoms with Crippen molar-refractivity contribution < 1.29 is 14.4 Å². The number of amidine groups is 1. The van der Waals surface area contributed by atoms with Crippen LogP contribution in [-0.2, 0) is 20.9 Å². The second-order valence-corrected chi connectivity index (χ2v) is 7.95. The largest absolute Gasteiger partial charge is 0.384 e. The lowest BCUT2D eigenvalue weighted by molar-refractivity contribution is -0.143. The third kappa shape index (κ3) is 3.70. The highest BCUT2D eigenvalue weighted by atomic mass is 35.5. The molecule has 2 heterocycles. The summed E-state index contributed by atoms with van der Waals surface area (Å²) in [6, 6.07) is 15.5. The number of nitrogens with zero attached hydrogens (tertiary/aromatic N) is 2. The number of imide groups is 1. The molecule has 0 spiro atoms. The lowest BCUT2D eigenvalue weighted by atomic mass is 9.86. The molecule has 4 unspecified atom stereocenters. The maximum absolute atomic E-state index is 13.4. The van der Waals surface area contributed by atoms with E-state index in [1.165, 1.54) is 11.8 Å². The molecule has 0 aromatic heterocycles. The first-order valence-electron chi connectivity index (χ1n) is 9.93. The van der Waals surface area contributed by atoms with Gasteiger partial charge in [-0.15, -0.1) is 12.4 Å². The number of nitrogen functional groups attached to an aromatic ring is 1. The van der Waals surface area contributed by atoms with Crippen molar-refractivity contribution in [1.29, 1.82) is 5.41 Å². The van der Waals surface area contributed by atoms with E-state index >= 15 is 0 Å². The summed E-state index contributed by atoms with van der Waals surface area (Å²) in [7, 11) is 0. The van der Waals surface area contributed by atoms with Crippen LogP contribution >= 0.6 is 12.4 Å². The van der Waals surface area contributed by atoms with Crippen LogP contribution in [0.1, 0.15) is 36.6 Å². The molecule has 162 valence electrons. The van der Waals surface area contributed by atoms with E-state index in [0.717, 1.165) is 11.1 Å². The average Bonchev–Trinajstić information content (AvgIpc) is 3.16. The van der Waals surface area contributed by atoms with E-state index in [-0.39, 0.29) is 48.6 Å². The van der Waals surface area contributed by atoms with Gasteiger partial charge in [0.2, 0.25) is 17.7 Å². The molecular formula is C23H25ClN4O3. The van der Waals surface area contributed by atoms with Crippen LogP contribution in [0.25, 0.3) is 0 Å². The van der Waals surface area contributed by atoms with E-state index in [1.54, 1.807) is 29.2 Å². The van der Waals surface area contributed by atoms with Gasteiger partial charge in [-0.2, -0.15) is 0 Å². The fourth-order valence-corrected chi connectivity index (χ4v) is 4.85. The molecule has 31 heavy (non-hydrogen) atoms. The SMILES string of the molecule is CC(=O)N1C(C)C2C(=O)N(Cc3ccccc3)C(=O)C2C1c1ccc(C(=N)N)cc1.Cl. The summed E-state index contributed by atoms with van der Waals surface area (Å²) < 4.78 is 0. The van der Waals surface area contributed by atoms with Crippen LogP contribution in [0.3, 0.4) is 0 Å². The van der Waals surface area contributed by atoms with Crippen LogP contribution in [0.2, 0.25) is 0 Å². The Morgan fingerprint density at radius 2 is 1.58 bits per heavy atom. The summed E-state index contributed by atoms with van der Waals surface area (Å²) in [5, 5.41) is 7.57. The van der Waals surface area contributed by atoms with Gasteiger partial charge in [-0.05, 0) is 18.1 Å². The molecule has 0 bridgehead atoms. The summed E-state index contributed by atoms with van der Waals surface area (Å²) in [5.74, 6) is -1.89. The van der Waals surface area contributed by atoms with Crippen molar-refractivity contribution in [3.05, 3.63) is 71.3 Å². The minimum absolute atomic E-state index is 0. The van der Waals surface area contributed by atoms with Gasteiger partial charge in [-0.25, -0.2) is 0 Å². The summed E-state index contributed by atoms with van der Waals surface area (Å²) in [6.45, 7) is 3.53. The quantitative estimate of drug-likeness (QED) is 0.432. The van der Waals surface area contributed by atoms with Gasteiger partial charge in [0.05, 0.1) is 24.4 Å². The number of amides is 3. The molecule has 2 saturated heterocycles. The molecule has 7 nitrogen and oxygen atoms in total. The lowest BCUT2D eigenvalue weighted by Crippen LogP contribution is -2.42. The van der Waals surface area contributed by atoms with Crippen LogP contribution in [0.15, 0.2) is 54.6 Å². The van der Waals surface area contributed by atoms with Gasteiger partial charge in [0.1, 0.15) is 5.84 Å². The maximum atomic E-state index is 13.4. The summed E-state index contributed by atoms with van der Waals surface area (Å²) >= 11 is 0. The first-order chi connectivity index (χ1) is 14.3. The maximum Gasteiger partial charge on any atom is 0.235 e. The van der Waals surface area contributed by atoms with E-state index in [2.05, 4.69) is 0 Å². The molecule has 4 rings (SSSR count). The molecule has 3 amide bonds. The Labute approximate surface area is 187 Å². The number of rotatable bonds is 4. The van der Waals surface area contributed by atoms with Gasteiger partial charge in [0, 0.05) is 18.5 Å². The molecule has 2 aliphatic heterocycles. The van der Waals surface area contributed by atoms with Gasteiger partial charge in [0.15, 0.2) is 0 Å². The van der Waals surface area contributed by atoms with E-state index in [9.17, 15) is 14.4 Å². The third-order valence-electron chi connectivity index (χ3n) is 6.20. The van der Waals surface area contributed by atoms with Crippen LogP contribution < -0.4 is 5.73 Å². The molecule has 2 aliphatic rings. The Bertz CT molecular complexity index is 1020. The molecule has 0 aliphatic carbocycles. The zero-order valence-electron chi connectivity index (χ0n) is 17.3. The van der Waals surface area contributed by atoms with Gasteiger partial charge < -0.3 is 10.6 Å². The smallest absolute Gasteiger partial charge is 0.235 e. The minimum atomic E-state index is -0.622. The standard InChI is InChI=1S/C23H24N4O3.ClH/c1-13-18-19(23(30)26(22(18)29)12-15-6-4-3-5-7-15)20(27(13)14(2)28)16-8-10-17(11-9-16)21(24)25;/h3-11,13,18-20H,12H2,1-2H3,(H3,24,25);1H. The molecule has 2 aromatic carbocycles. The number of hydrogen-bond acceptors (Lipinski definition) is 4. The first-order valence-corrected chi connectivity index (χ1v) is 9.93. The number of carbonyl (C=O) groups is 3. The Kier molecular flexibility index (Phi) is 6.18. The Hall–Kier alpha value is -3.19. The Morgan fingerprint density at radius 1 is 1.00 bits per heavy atom. The fraction of sp³-hybridized carbons (Fsp3) is 0.304. The molecule has 8 heteroatoms. The van der Waals surface area contributed by atoms with Gasteiger partial charge in [-0.3, -0.25) is 24.7 Å².